The number of halogens is 1. The smallest absolute Gasteiger partial charge is 0.117 e. The third-order valence-corrected chi connectivity index (χ3v) is 0.540. The standard InChI is InChI=1S/C5H10FN/c1-3-7-4-5(2)6/h3,5H,4H2,1-2H3. The first-order valence-electron chi connectivity index (χ1n) is 2.36. The Morgan fingerprint density at radius 1 is 1.86 bits per heavy atom. The molecule has 0 aliphatic heterocycles. The topological polar surface area (TPSA) is 12.4 Å². The van der Waals surface area contributed by atoms with Crippen LogP contribution in [0.15, 0.2) is 4.99 Å². The molecule has 0 saturated carbocycles. The number of nitrogens with zero attached hydrogens (tertiary/aromatic N) is 1. The van der Waals surface area contributed by atoms with Crippen LogP contribution in [-0.4, -0.2) is 18.9 Å². The van der Waals surface area contributed by atoms with Crippen molar-refractivity contribution in [3.8, 4) is 0 Å². The van der Waals surface area contributed by atoms with Crippen LogP contribution in [0.5, 0.6) is 0 Å². The number of hydrogen-bond donors (Lipinski definition) is 0. The maximum Gasteiger partial charge on any atom is 0.117 e. The van der Waals surface area contributed by atoms with E-state index in [2.05, 4.69) is 4.99 Å². The highest BCUT2D eigenvalue weighted by Crippen LogP contribution is 1.85. The Kier molecular flexibility index (Phi) is 3.56. The molecular weight excluding hydrogens is 93.1 g/mol. The summed E-state index contributed by atoms with van der Waals surface area (Å²) in [6, 6.07) is 0. The van der Waals surface area contributed by atoms with E-state index in [0.29, 0.717) is 6.54 Å². The van der Waals surface area contributed by atoms with Crippen molar-refractivity contribution >= 4 is 6.21 Å². The Morgan fingerprint density at radius 3 is 2.57 bits per heavy atom. The van der Waals surface area contributed by atoms with E-state index in [0.717, 1.165) is 0 Å². The lowest BCUT2D eigenvalue weighted by Crippen LogP contribution is -1.95. The van der Waals surface area contributed by atoms with Gasteiger partial charge in [0, 0.05) is 0 Å². The normalized spacial score (nSPS) is 15.3. The van der Waals surface area contributed by atoms with Crippen molar-refractivity contribution in [1.29, 1.82) is 0 Å². The molecule has 0 amide bonds. The van der Waals surface area contributed by atoms with Crippen LogP contribution >= 0.6 is 0 Å². The zero-order chi connectivity index (χ0) is 5.70. The molecule has 0 aromatic rings. The fourth-order valence-corrected chi connectivity index (χ4v) is 0.251. The molecule has 0 bridgehead atoms. The largest absolute Gasteiger partial charge is 0.295 e. The molecule has 0 aromatic heterocycles. The molecule has 0 N–H and O–H groups in total. The van der Waals surface area contributed by atoms with Crippen LogP contribution in [0, 0.1) is 0 Å². The molecule has 1 nitrogen and oxygen atoms in total. The molecule has 2 heteroatoms. The van der Waals surface area contributed by atoms with Crippen LogP contribution in [0.3, 0.4) is 0 Å². The fraction of sp³-hybridized carbons (Fsp3) is 0.800. The summed E-state index contributed by atoms with van der Waals surface area (Å²) in [4.78, 5) is 3.67. The van der Waals surface area contributed by atoms with E-state index >= 15 is 0 Å². The Hall–Kier alpha value is -0.400. The third kappa shape index (κ3) is 5.60. The quantitative estimate of drug-likeness (QED) is 0.469. The van der Waals surface area contributed by atoms with Crippen LogP contribution in [0.25, 0.3) is 0 Å². The SMILES string of the molecule is CC=NCC(C)F. The number of hydrogen-bond acceptors (Lipinski definition) is 1. The van der Waals surface area contributed by atoms with Gasteiger partial charge >= 0.3 is 0 Å². The predicted molar refractivity (Wildman–Crippen MR) is 29.6 cm³/mol. The van der Waals surface area contributed by atoms with Gasteiger partial charge in [-0.15, -0.1) is 0 Å². The first kappa shape index (κ1) is 6.60. The van der Waals surface area contributed by atoms with E-state index in [4.69, 9.17) is 0 Å². The van der Waals surface area contributed by atoms with Gasteiger partial charge in [0.2, 0.25) is 0 Å². The first-order chi connectivity index (χ1) is 3.27. The van der Waals surface area contributed by atoms with Gasteiger partial charge < -0.3 is 0 Å². The highest BCUT2D eigenvalue weighted by Gasteiger charge is 1.89. The Bertz CT molecular complexity index is 59.1. The van der Waals surface area contributed by atoms with Crippen LogP contribution in [-0.2, 0) is 0 Å². The summed E-state index contributed by atoms with van der Waals surface area (Å²) in [6.07, 6.45) is 0.812. The summed E-state index contributed by atoms with van der Waals surface area (Å²) in [5, 5.41) is 0. The molecule has 0 aromatic carbocycles. The van der Waals surface area contributed by atoms with Crippen LogP contribution in [0.4, 0.5) is 4.39 Å². The molecule has 0 radical (unpaired) electrons. The van der Waals surface area contributed by atoms with Gasteiger partial charge in [-0.05, 0) is 20.1 Å². The van der Waals surface area contributed by atoms with Gasteiger partial charge in [-0.1, -0.05) is 0 Å². The van der Waals surface area contributed by atoms with Crippen LogP contribution in [0.2, 0.25) is 0 Å². The van der Waals surface area contributed by atoms with Gasteiger partial charge in [-0.2, -0.15) is 0 Å². The summed E-state index contributed by atoms with van der Waals surface area (Å²) >= 11 is 0. The molecule has 1 atom stereocenters. The average molecular weight is 103 g/mol. The highest BCUT2D eigenvalue weighted by atomic mass is 19.1. The lowest BCUT2D eigenvalue weighted by molar-refractivity contribution is 0.371. The maximum atomic E-state index is 11.8. The van der Waals surface area contributed by atoms with E-state index < -0.39 is 6.17 Å². The van der Waals surface area contributed by atoms with Gasteiger partial charge in [0.05, 0.1) is 6.54 Å². The summed E-state index contributed by atoms with van der Waals surface area (Å²) in [7, 11) is 0. The molecule has 7 heavy (non-hydrogen) atoms. The predicted octanol–water partition coefficient (Wildman–Crippen LogP) is 1.44. The van der Waals surface area contributed by atoms with Crippen molar-refractivity contribution < 1.29 is 4.39 Å². The van der Waals surface area contributed by atoms with E-state index in [1.165, 1.54) is 6.92 Å². The zero-order valence-corrected chi connectivity index (χ0v) is 4.69. The van der Waals surface area contributed by atoms with Gasteiger partial charge in [0.15, 0.2) is 0 Å². The molecular formula is C5H10FN. The van der Waals surface area contributed by atoms with Crippen LogP contribution in [0.1, 0.15) is 13.8 Å². The van der Waals surface area contributed by atoms with Crippen LogP contribution < -0.4 is 0 Å². The second kappa shape index (κ2) is 3.78. The third-order valence-electron chi connectivity index (χ3n) is 0.540. The monoisotopic (exact) mass is 103 g/mol. The lowest BCUT2D eigenvalue weighted by Gasteiger charge is -1.89. The molecule has 0 fully saturated rings. The zero-order valence-electron chi connectivity index (χ0n) is 4.69. The van der Waals surface area contributed by atoms with Crippen molar-refractivity contribution in [3.05, 3.63) is 0 Å². The maximum absolute atomic E-state index is 11.8. The summed E-state index contributed by atoms with van der Waals surface area (Å²) in [5.74, 6) is 0. The van der Waals surface area contributed by atoms with Gasteiger partial charge in [-0.3, -0.25) is 4.99 Å². The average Bonchev–Trinajstić information content (AvgIpc) is 1.61. The van der Waals surface area contributed by atoms with E-state index in [1.807, 2.05) is 0 Å². The molecule has 0 heterocycles. The van der Waals surface area contributed by atoms with Crippen molar-refractivity contribution in [2.45, 2.75) is 20.0 Å². The summed E-state index contributed by atoms with van der Waals surface area (Å²) < 4.78 is 11.8. The van der Waals surface area contributed by atoms with Crippen molar-refractivity contribution in [2.75, 3.05) is 6.54 Å². The first-order valence-corrected chi connectivity index (χ1v) is 2.36. The molecule has 0 saturated heterocycles. The molecule has 0 aliphatic rings. The number of rotatable bonds is 2. The Morgan fingerprint density at radius 2 is 2.43 bits per heavy atom. The summed E-state index contributed by atoms with van der Waals surface area (Å²) in [5.41, 5.74) is 0. The van der Waals surface area contributed by atoms with E-state index in [-0.39, 0.29) is 0 Å². The second-order valence-corrected chi connectivity index (χ2v) is 1.40. The molecule has 0 rings (SSSR count). The van der Waals surface area contributed by atoms with Gasteiger partial charge in [0.25, 0.3) is 0 Å². The minimum atomic E-state index is -0.795. The lowest BCUT2D eigenvalue weighted by atomic mass is 10.4. The summed E-state index contributed by atoms with van der Waals surface area (Å²) in [6.45, 7) is 3.58. The molecule has 0 spiro atoms. The minimum absolute atomic E-state index is 0.302. The van der Waals surface area contributed by atoms with Gasteiger partial charge in [-0.25, -0.2) is 4.39 Å². The fourth-order valence-electron chi connectivity index (χ4n) is 0.251. The molecule has 0 aliphatic carbocycles. The highest BCUT2D eigenvalue weighted by molar-refractivity contribution is 5.53. The van der Waals surface area contributed by atoms with Crippen molar-refractivity contribution in [3.63, 3.8) is 0 Å². The van der Waals surface area contributed by atoms with E-state index in [9.17, 15) is 4.39 Å². The Labute approximate surface area is 43.3 Å². The van der Waals surface area contributed by atoms with E-state index in [1.54, 1.807) is 13.1 Å². The number of aliphatic imine (C=N–C) groups is 1. The number of alkyl halides is 1. The molecule has 42 valence electrons. The molecule has 1 unspecified atom stereocenters. The van der Waals surface area contributed by atoms with Crippen molar-refractivity contribution in [2.24, 2.45) is 4.99 Å². The van der Waals surface area contributed by atoms with Crippen molar-refractivity contribution in [1.82, 2.24) is 0 Å². The Balaban J connectivity index is 2.97. The second-order valence-electron chi connectivity index (χ2n) is 1.40. The van der Waals surface area contributed by atoms with Gasteiger partial charge in [0.1, 0.15) is 6.17 Å². The minimum Gasteiger partial charge on any atom is -0.295 e.